The molecule has 0 amide bonds. The first kappa shape index (κ1) is 15.3. The summed E-state index contributed by atoms with van der Waals surface area (Å²) < 4.78 is 11.9. The van der Waals surface area contributed by atoms with Gasteiger partial charge in [0.25, 0.3) is 0 Å². The molecule has 2 fully saturated rings. The molecule has 3 nitrogen and oxygen atoms in total. The fraction of sp³-hybridized carbons (Fsp3) is 0.647. The molecular weight excluding hydrogens is 282 g/mol. The van der Waals surface area contributed by atoms with Gasteiger partial charge in [0.05, 0.1) is 13.2 Å². The Morgan fingerprint density at radius 2 is 1.95 bits per heavy atom. The maximum absolute atomic E-state index is 5.93. The zero-order valence-corrected chi connectivity index (χ0v) is 13.7. The third-order valence-electron chi connectivity index (χ3n) is 4.39. The topological polar surface area (TPSA) is 30.5 Å². The van der Waals surface area contributed by atoms with Crippen LogP contribution in [0.2, 0.25) is 0 Å². The molecule has 2 atom stereocenters. The SMILES string of the molecule is CCNC1CCC2(CC1Sc1ccc(C)cc1)OCCO2. The van der Waals surface area contributed by atoms with Gasteiger partial charge in [0, 0.05) is 29.0 Å². The van der Waals surface area contributed by atoms with Crippen molar-refractivity contribution in [2.24, 2.45) is 0 Å². The molecule has 3 rings (SSSR count). The van der Waals surface area contributed by atoms with Crippen molar-refractivity contribution in [3.05, 3.63) is 29.8 Å². The van der Waals surface area contributed by atoms with E-state index in [2.05, 4.69) is 43.4 Å². The quantitative estimate of drug-likeness (QED) is 0.924. The number of aryl methyl sites for hydroxylation is 1. The predicted molar refractivity (Wildman–Crippen MR) is 86.8 cm³/mol. The van der Waals surface area contributed by atoms with E-state index in [-0.39, 0.29) is 5.79 Å². The van der Waals surface area contributed by atoms with Gasteiger partial charge in [-0.2, -0.15) is 0 Å². The van der Waals surface area contributed by atoms with Crippen molar-refractivity contribution in [1.29, 1.82) is 0 Å². The number of ether oxygens (including phenoxy) is 2. The lowest BCUT2D eigenvalue weighted by atomic mass is 9.89. The summed E-state index contributed by atoms with van der Waals surface area (Å²) in [6.07, 6.45) is 3.11. The number of benzene rings is 1. The summed E-state index contributed by atoms with van der Waals surface area (Å²) >= 11 is 1.96. The van der Waals surface area contributed by atoms with Crippen molar-refractivity contribution in [1.82, 2.24) is 5.32 Å². The molecule has 0 radical (unpaired) electrons. The molecule has 0 aromatic heterocycles. The fourth-order valence-electron chi connectivity index (χ4n) is 3.28. The molecular formula is C17H25NO2S. The van der Waals surface area contributed by atoms with E-state index >= 15 is 0 Å². The molecule has 1 aromatic rings. The Labute approximate surface area is 131 Å². The molecule has 1 spiro atoms. The van der Waals surface area contributed by atoms with E-state index < -0.39 is 0 Å². The molecule has 0 bridgehead atoms. The molecule has 1 aliphatic heterocycles. The average Bonchev–Trinajstić information content (AvgIpc) is 2.93. The van der Waals surface area contributed by atoms with Crippen molar-refractivity contribution in [3.63, 3.8) is 0 Å². The predicted octanol–water partition coefficient (Wildman–Crippen LogP) is 3.36. The average molecular weight is 307 g/mol. The number of rotatable bonds is 4. The minimum absolute atomic E-state index is 0.311. The van der Waals surface area contributed by atoms with Crippen LogP contribution in [0.1, 0.15) is 31.7 Å². The molecule has 1 N–H and O–H groups in total. The largest absolute Gasteiger partial charge is 0.347 e. The Bertz CT molecular complexity index is 456. The Balaban J connectivity index is 1.72. The number of nitrogens with one attached hydrogen (secondary N) is 1. The summed E-state index contributed by atoms with van der Waals surface area (Å²) in [5.41, 5.74) is 1.31. The Morgan fingerprint density at radius 3 is 2.62 bits per heavy atom. The first-order valence-electron chi connectivity index (χ1n) is 7.95. The molecule has 1 aromatic carbocycles. The van der Waals surface area contributed by atoms with Crippen LogP contribution in [0, 0.1) is 6.92 Å². The second kappa shape index (κ2) is 6.69. The smallest absolute Gasteiger partial charge is 0.169 e. The first-order valence-corrected chi connectivity index (χ1v) is 8.83. The van der Waals surface area contributed by atoms with Gasteiger partial charge >= 0.3 is 0 Å². The van der Waals surface area contributed by atoms with Gasteiger partial charge in [0.15, 0.2) is 5.79 Å². The van der Waals surface area contributed by atoms with Crippen LogP contribution in [0.15, 0.2) is 29.2 Å². The summed E-state index contributed by atoms with van der Waals surface area (Å²) in [4.78, 5) is 1.34. The third kappa shape index (κ3) is 3.62. The van der Waals surface area contributed by atoms with Gasteiger partial charge < -0.3 is 14.8 Å². The lowest BCUT2D eigenvalue weighted by Crippen LogP contribution is -2.49. The zero-order valence-electron chi connectivity index (χ0n) is 12.9. The minimum atomic E-state index is -0.311. The number of thioether (sulfide) groups is 1. The van der Waals surface area contributed by atoms with Crippen molar-refractivity contribution in [2.75, 3.05) is 19.8 Å². The van der Waals surface area contributed by atoms with Gasteiger partial charge in [-0.1, -0.05) is 24.6 Å². The van der Waals surface area contributed by atoms with Crippen LogP contribution >= 0.6 is 11.8 Å². The van der Waals surface area contributed by atoms with Crippen molar-refractivity contribution >= 4 is 11.8 Å². The summed E-state index contributed by atoms with van der Waals surface area (Å²) in [5, 5.41) is 4.14. The van der Waals surface area contributed by atoms with Crippen molar-refractivity contribution < 1.29 is 9.47 Å². The lowest BCUT2D eigenvalue weighted by Gasteiger charge is -2.41. The van der Waals surface area contributed by atoms with E-state index in [1.807, 2.05) is 11.8 Å². The maximum atomic E-state index is 5.93. The van der Waals surface area contributed by atoms with Crippen LogP contribution in [0.3, 0.4) is 0 Å². The second-order valence-corrected chi connectivity index (χ2v) is 7.30. The van der Waals surface area contributed by atoms with Crippen molar-refractivity contribution in [2.45, 2.75) is 55.1 Å². The molecule has 1 saturated heterocycles. The third-order valence-corrected chi connectivity index (χ3v) is 5.73. The molecule has 1 aliphatic carbocycles. The fourth-order valence-corrected chi connectivity index (χ4v) is 4.66. The molecule has 21 heavy (non-hydrogen) atoms. The number of hydrogen-bond donors (Lipinski definition) is 1. The highest BCUT2D eigenvalue weighted by Gasteiger charge is 2.45. The molecule has 2 aliphatic rings. The van der Waals surface area contributed by atoms with Gasteiger partial charge in [-0.25, -0.2) is 0 Å². The van der Waals surface area contributed by atoms with E-state index in [0.29, 0.717) is 11.3 Å². The standard InChI is InChI=1S/C17H25NO2S/c1-3-18-15-8-9-17(19-10-11-20-17)12-16(15)21-14-6-4-13(2)5-7-14/h4-7,15-16,18H,3,8-12H2,1-2H3. The first-order chi connectivity index (χ1) is 10.2. The van der Waals surface area contributed by atoms with Gasteiger partial charge in [-0.3, -0.25) is 0 Å². The van der Waals surface area contributed by atoms with Crippen LogP contribution in [0.4, 0.5) is 0 Å². The molecule has 1 saturated carbocycles. The highest BCUT2D eigenvalue weighted by molar-refractivity contribution is 8.00. The molecule has 1 heterocycles. The van der Waals surface area contributed by atoms with Crippen LogP contribution in [0.5, 0.6) is 0 Å². The van der Waals surface area contributed by atoms with Crippen LogP contribution in [-0.2, 0) is 9.47 Å². The van der Waals surface area contributed by atoms with E-state index in [4.69, 9.17) is 9.47 Å². The normalized spacial score (nSPS) is 28.1. The van der Waals surface area contributed by atoms with Crippen LogP contribution in [0.25, 0.3) is 0 Å². The van der Waals surface area contributed by atoms with Gasteiger partial charge in [-0.05, 0) is 32.0 Å². The van der Waals surface area contributed by atoms with E-state index in [1.54, 1.807) is 0 Å². The highest BCUT2D eigenvalue weighted by atomic mass is 32.2. The number of hydrogen-bond acceptors (Lipinski definition) is 4. The summed E-state index contributed by atoms with van der Waals surface area (Å²) in [5.74, 6) is -0.311. The minimum Gasteiger partial charge on any atom is -0.347 e. The van der Waals surface area contributed by atoms with Crippen LogP contribution in [-0.4, -0.2) is 36.8 Å². The highest BCUT2D eigenvalue weighted by Crippen LogP contribution is 2.42. The lowest BCUT2D eigenvalue weighted by molar-refractivity contribution is -0.178. The Kier molecular flexibility index (Phi) is 4.89. The van der Waals surface area contributed by atoms with Crippen molar-refractivity contribution in [3.8, 4) is 0 Å². The molecule has 4 heteroatoms. The Hall–Kier alpha value is -0.550. The summed E-state index contributed by atoms with van der Waals surface area (Å²) in [6.45, 7) is 6.82. The molecule has 116 valence electrons. The maximum Gasteiger partial charge on any atom is 0.169 e. The summed E-state index contributed by atoms with van der Waals surface area (Å²) in [6, 6.07) is 9.36. The van der Waals surface area contributed by atoms with E-state index in [9.17, 15) is 0 Å². The zero-order chi connectivity index (χ0) is 14.7. The van der Waals surface area contributed by atoms with Gasteiger partial charge in [0.2, 0.25) is 0 Å². The summed E-state index contributed by atoms with van der Waals surface area (Å²) in [7, 11) is 0. The molecule has 2 unspecified atom stereocenters. The van der Waals surface area contributed by atoms with Gasteiger partial charge in [0.1, 0.15) is 0 Å². The monoisotopic (exact) mass is 307 g/mol. The Morgan fingerprint density at radius 1 is 1.24 bits per heavy atom. The van der Waals surface area contributed by atoms with E-state index in [1.165, 1.54) is 10.5 Å². The van der Waals surface area contributed by atoms with Crippen LogP contribution < -0.4 is 5.32 Å². The van der Waals surface area contributed by atoms with E-state index in [0.717, 1.165) is 39.0 Å². The second-order valence-electron chi connectivity index (χ2n) is 5.98. The van der Waals surface area contributed by atoms with Gasteiger partial charge in [-0.15, -0.1) is 11.8 Å².